The largest absolute Gasteiger partial charge is 0.475 e. The first-order valence-electron chi connectivity index (χ1n) is 14.0. The molecule has 0 aromatic heterocycles. The molecular weight excluding hydrogens is 550 g/mol. The topological polar surface area (TPSA) is 37.3 Å². The van der Waals surface area contributed by atoms with E-state index >= 15 is 0 Å². The molecular formula is C38H32O2P2+2. The standard InChI is InChI=1S/C38H31O2P2/c39-37(40)38(41(31-19-7-1-8-20-31,32-21-9-2-10-22-32)33-23-11-3-12-24-33)42(34-25-13-4-14-26-34,35-27-15-5-16-28-35)36-29-17-6-18-30-36/h1-30,38H/q+1/p+1. The smallest absolute Gasteiger partial charge is 0.386 e. The fourth-order valence-electron chi connectivity index (χ4n) is 6.31. The second kappa shape index (κ2) is 12.3. The summed E-state index contributed by atoms with van der Waals surface area (Å²) < 4.78 is 0. The Morgan fingerprint density at radius 1 is 0.357 bits per heavy atom. The monoisotopic (exact) mass is 582 g/mol. The molecule has 0 bridgehead atoms. The van der Waals surface area contributed by atoms with Gasteiger partial charge in [0.25, 0.3) is 5.40 Å². The third kappa shape index (κ3) is 4.68. The Morgan fingerprint density at radius 2 is 0.524 bits per heavy atom. The van der Waals surface area contributed by atoms with Crippen molar-refractivity contribution < 1.29 is 9.90 Å². The van der Waals surface area contributed by atoms with Gasteiger partial charge in [0.05, 0.1) is 0 Å². The van der Waals surface area contributed by atoms with Gasteiger partial charge < -0.3 is 5.11 Å². The van der Waals surface area contributed by atoms with Gasteiger partial charge in [-0.1, -0.05) is 109 Å². The molecule has 0 spiro atoms. The molecule has 42 heavy (non-hydrogen) atoms. The molecule has 1 N–H and O–H groups in total. The summed E-state index contributed by atoms with van der Waals surface area (Å²) in [5.74, 6) is -0.787. The van der Waals surface area contributed by atoms with E-state index in [9.17, 15) is 9.90 Å². The minimum Gasteiger partial charge on any atom is -0.475 e. The molecule has 0 fully saturated rings. The molecule has 0 heterocycles. The molecule has 0 saturated carbocycles. The number of carbonyl (C=O) groups is 1. The van der Waals surface area contributed by atoms with Crippen LogP contribution in [0.2, 0.25) is 0 Å². The number of aliphatic carboxylic acids is 1. The molecule has 4 heteroatoms. The van der Waals surface area contributed by atoms with Gasteiger partial charge in [-0.3, -0.25) is 0 Å². The van der Waals surface area contributed by atoms with E-state index in [1.165, 1.54) is 0 Å². The zero-order valence-corrected chi connectivity index (χ0v) is 24.9. The Labute approximate surface area is 249 Å². The molecule has 204 valence electrons. The second-order valence-electron chi connectivity index (χ2n) is 10.2. The van der Waals surface area contributed by atoms with E-state index in [-0.39, 0.29) is 0 Å². The van der Waals surface area contributed by atoms with Gasteiger partial charge in [0, 0.05) is 0 Å². The van der Waals surface area contributed by atoms with E-state index in [2.05, 4.69) is 72.8 Å². The average Bonchev–Trinajstić information content (AvgIpc) is 3.07. The van der Waals surface area contributed by atoms with E-state index in [0.717, 1.165) is 31.8 Å². The molecule has 0 radical (unpaired) electrons. The zero-order chi connectivity index (χ0) is 28.8. The maximum atomic E-state index is 14.5. The van der Waals surface area contributed by atoms with Crippen LogP contribution in [0.3, 0.4) is 0 Å². The van der Waals surface area contributed by atoms with Crippen molar-refractivity contribution in [1.29, 1.82) is 0 Å². The summed E-state index contributed by atoms with van der Waals surface area (Å²) >= 11 is 0. The zero-order valence-electron chi connectivity index (χ0n) is 23.1. The number of rotatable bonds is 9. The van der Waals surface area contributed by atoms with Crippen LogP contribution < -0.4 is 31.8 Å². The van der Waals surface area contributed by atoms with E-state index in [0.29, 0.717) is 0 Å². The lowest BCUT2D eigenvalue weighted by atomic mass is 10.3. The summed E-state index contributed by atoms with van der Waals surface area (Å²) in [5, 5.41) is 17.4. The minimum absolute atomic E-state index is 0.787. The summed E-state index contributed by atoms with van der Waals surface area (Å²) in [6, 6.07) is 62.3. The first-order chi connectivity index (χ1) is 20.7. The summed E-state index contributed by atoms with van der Waals surface area (Å²) in [4.78, 5) is 14.5. The third-order valence-electron chi connectivity index (χ3n) is 7.94. The van der Waals surface area contributed by atoms with Crippen LogP contribution >= 0.6 is 14.5 Å². The molecule has 0 aliphatic rings. The Kier molecular flexibility index (Phi) is 8.11. The molecule has 2 nitrogen and oxygen atoms in total. The van der Waals surface area contributed by atoms with Gasteiger partial charge in [-0.25, -0.2) is 4.79 Å². The van der Waals surface area contributed by atoms with Crippen molar-refractivity contribution in [3.8, 4) is 0 Å². The summed E-state index contributed by atoms with van der Waals surface area (Å²) in [6.07, 6.45) is 0. The van der Waals surface area contributed by atoms with Gasteiger partial charge in [0.15, 0.2) is 14.5 Å². The van der Waals surface area contributed by atoms with Gasteiger partial charge in [0.2, 0.25) is 0 Å². The Hall–Kier alpha value is -4.35. The van der Waals surface area contributed by atoms with Crippen LogP contribution in [0.25, 0.3) is 0 Å². The van der Waals surface area contributed by atoms with Crippen molar-refractivity contribution >= 4 is 52.3 Å². The minimum atomic E-state index is -2.89. The highest BCUT2D eigenvalue weighted by atomic mass is 31.2. The Morgan fingerprint density at radius 3 is 0.667 bits per heavy atom. The van der Waals surface area contributed by atoms with Crippen molar-refractivity contribution in [3.05, 3.63) is 182 Å². The molecule has 0 unspecified atom stereocenters. The van der Waals surface area contributed by atoms with Crippen LogP contribution in [-0.2, 0) is 4.79 Å². The van der Waals surface area contributed by atoms with Gasteiger partial charge in [-0.15, -0.1) is 0 Å². The van der Waals surface area contributed by atoms with E-state index in [1.807, 2.05) is 109 Å². The molecule has 0 saturated heterocycles. The highest BCUT2D eigenvalue weighted by Gasteiger charge is 2.72. The lowest BCUT2D eigenvalue weighted by molar-refractivity contribution is -0.134. The predicted molar refractivity (Wildman–Crippen MR) is 182 cm³/mol. The predicted octanol–water partition coefficient (Wildman–Crippen LogP) is 6.39. The fraction of sp³-hybridized carbons (Fsp3) is 0.0263. The molecule has 0 amide bonds. The lowest BCUT2D eigenvalue weighted by Gasteiger charge is -2.39. The van der Waals surface area contributed by atoms with Crippen LogP contribution in [0.15, 0.2) is 182 Å². The van der Waals surface area contributed by atoms with E-state index < -0.39 is 25.9 Å². The first kappa shape index (κ1) is 27.8. The summed E-state index contributed by atoms with van der Waals surface area (Å²) in [5.41, 5.74) is 0. The second-order valence-corrected chi connectivity index (χ2v) is 17.6. The lowest BCUT2D eigenvalue weighted by Crippen LogP contribution is -2.50. The van der Waals surface area contributed by atoms with Crippen LogP contribution in [0.1, 0.15) is 0 Å². The van der Waals surface area contributed by atoms with E-state index in [4.69, 9.17) is 0 Å². The molecule has 6 aromatic rings. The SMILES string of the molecule is O=C(O)C([P+](c1ccccc1)(c1ccccc1)c1ccccc1)[P+](c1ccccc1)(c1ccccc1)c1ccccc1. The van der Waals surface area contributed by atoms with Crippen molar-refractivity contribution in [2.75, 3.05) is 0 Å². The van der Waals surface area contributed by atoms with Gasteiger partial charge in [-0.05, 0) is 72.8 Å². The van der Waals surface area contributed by atoms with Crippen molar-refractivity contribution in [1.82, 2.24) is 0 Å². The van der Waals surface area contributed by atoms with Crippen LogP contribution in [0.5, 0.6) is 0 Å². The van der Waals surface area contributed by atoms with Gasteiger partial charge in [0.1, 0.15) is 31.8 Å². The van der Waals surface area contributed by atoms with Gasteiger partial charge in [-0.2, -0.15) is 0 Å². The molecule has 6 aromatic carbocycles. The number of carboxylic acids is 1. The highest BCUT2D eigenvalue weighted by Crippen LogP contribution is 2.76. The van der Waals surface area contributed by atoms with Crippen LogP contribution in [0, 0.1) is 0 Å². The van der Waals surface area contributed by atoms with Crippen molar-refractivity contribution in [2.45, 2.75) is 5.40 Å². The summed E-state index contributed by atoms with van der Waals surface area (Å²) in [7, 11) is -5.78. The van der Waals surface area contributed by atoms with Crippen molar-refractivity contribution in [2.24, 2.45) is 0 Å². The molecule has 0 aliphatic carbocycles. The average molecular weight is 583 g/mol. The number of hydrogen-bond donors (Lipinski definition) is 1. The van der Waals surface area contributed by atoms with Crippen LogP contribution in [0.4, 0.5) is 0 Å². The summed E-state index contributed by atoms with van der Waals surface area (Å²) in [6.45, 7) is 0. The van der Waals surface area contributed by atoms with Gasteiger partial charge >= 0.3 is 5.97 Å². The Bertz CT molecular complexity index is 1410. The van der Waals surface area contributed by atoms with Crippen molar-refractivity contribution in [3.63, 3.8) is 0 Å². The quantitative estimate of drug-likeness (QED) is 0.201. The maximum Gasteiger partial charge on any atom is 0.386 e. The fourth-order valence-corrected chi connectivity index (χ4v) is 18.8. The normalized spacial score (nSPS) is 11.7. The highest BCUT2D eigenvalue weighted by molar-refractivity contribution is 8.12. The molecule has 6 rings (SSSR count). The first-order valence-corrected chi connectivity index (χ1v) is 17.8. The molecule has 0 aliphatic heterocycles. The number of carboxylic acid groups (broad SMARTS) is 1. The Balaban J connectivity index is 1.88. The number of benzene rings is 6. The number of hydrogen-bond acceptors (Lipinski definition) is 1. The molecule has 0 atom stereocenters. The third-order valence-corrected chi connectivity index (χ3v) is 18.6. The van der Waals surface area contributed by atoms with E-state index in [1.54, 1.807) is 0 Å². The van der Waals surface area contributed by atoms with Crippen LogP contribution in [-0.4, -0.2) is 16.5 Å². The maximum absolute atomic E-state index is 14.5.